The fraction of sp³-hybridized carbons (Fsp3) is 0.429. The molecule has 0 aliphatic heterocycles. The van der Waals surface area contributed by atoms with E-state index in [9.17, 15) is 9.18 Å². The Bertz CT molecular complexity index is 1450. The molecule has 3 rings (SSSR count). The highest BCUT2D eigenvalue weighted by Crippen LogP contribution is 2.39. The summed E-state index contributed by atoms with van der Waals surface area (Å²) in [6.07, 6.45) is 5.72. The number of nitrogens with one attached hydrogen (secondary N) is 1. The molecule has 0 fully saturated rings. The summed E-state index contributed by atoms with van der Waals surface area (Å²) < 4.78 is 26.0. The van der Waals surface area contributed by atoms with Gasteiger partial charge in [-0.3, -0.25) is 9.78 Å². The maximum absolute atomic E-state index is 14.6. The molecule has 0 unspecified atom stereocenters. The molecule has 0 saturated heterocycles. The van der Waals surface area contributed by atoms with E-state index in [1.165, 1.54) is 13.8 Å². The molecule has 0 aliphatic carbocycles. The number of aryl methyl sites for hydroxylation is 2. The number of hydrogen-bond donors (Lipinski definition) is 1. The van der Waals surface area contributed by atoms with Crippen LogP contribution in [0.25, 0.3) is 22.4 Å². The molecule has 0 spiro atoms. The van der Waals surface area contributed by atoms with Gasteiger partial charge < -0.3 is 19.4 Å². The first-order valence-corrected chi connectivity index (χ1v) is 14.7. The third kappa shape index (κ3) is 7.30. The van der Waals surface area contributed by atoms with Crippen molar-refractivity contribution in [3.8, 4) is 22.6 Å². The number of rotatable bonds is 15. The van der Waals surface area contributed by atoms with Gasteiger partial charge in [0.1, 0.15) is 17.2 Å². The fourth-order valence-electron chi connectivity index (χ4n) is 5.24. The molecule has 6 nitrogen and oxygen atoms in total. The summed E-state index contributed by atoms with van der Waals surface area (Å²) in [5.41, 5.74) is 4.46. The lowest BCUT2D eigenvalue weighted by molar-refractivity contribution is 0.221. The van der Waals surface area contributed by atoms with E-state index in [0.717, 1.165) is 42.6 Å². The molecule has 0 atom stereocenters. The normalized spacial score (nSPS) is 11.3. The Morgan fingerprint density at radius 2 is 1.71 bits per heavy atom. The number of pyridine rings is 2. The van der Waals surface area contributed by atoms with Gasteiger partial charge in [-0.15, -0.1) is 0 Å². The molecule has 2 heterocycles. The molecule has 0 aliphatic rings. The number of aromatic amines is 1. The van der Waals surface area contributed by atoms with Gasteiger partial charge in [0.05, 0.1) is 36.6 Å². The van der Waals surface area contributed by atoms with E-state index in [2.05, 4.69) is 41.9 Å². The summed E-state index contributed by atoms with van der Waals surface area (Å²) in [7, 11) is 3.20. The number of unbranched alkanes of at least 4 members (excludes halogenated alkanes) is 1. The lowest BCUT2D eigenvalue weighted by atomic mass is 9.94. The Labute approximate surface area is 250 Å². The Kier molecular flexibility index (Phi) is 11.1. The Balaban J connectivity index is 2.05. The van der Waals surface area contributed by atoms with Crippen LogP contribution >= 0.6 is 0 Å². The third-order valence-corrected chi connectivity index (χ3v) is 7.58. The van der Waals surface area contributed by atoms with Gasteiger partial charge in [0.2, 0.25) is 0 Å². The Morgan fingerprint density at radius 1 is 1.05 bits per heavy atom. The summed E-state index contributed by atoms with van der Waals surface area (Å²) in [4.78, 5) is 24.6. The molecule has 226 valence electrons. The van der Waals surface area contributed by atoms with E-state index in [0.29, 0.717) is 64.7 Å². The number of halogens is 1. The van der Waals surface area contributed by atoms with E-state index < -0.39 is 5.67 Å². The Morgan fingerprint density at radius 3 is 2.29 bits per heavy atom. The zero-order chi connectivity index (χ0) is 31.0. The number of benzene rings is 1. The standard InChI is InChI=1S/C35H46FN3O3/c1-10-12-14-27-32(33-29(41-8)15-13-16-30(33)42-9)34(40)31(24(4)38-27)25(5)39(20-11-2)21-18-23(3)28-22-26(17-19-37-28)35(6,7)36/h13,15-17,19,22H,3,5,10-12,14,18,20-21H2,1-2,4,6-9H3,(H,38,40). The lowest BCUT2D eigenvalue weighted by Gasteiger charge is -2.28. The zero-order valence-electron chi connectivity index (χ0n) is 26.3. The van der Waals surface area contributed by atoms with Crippen molar-refractivity contribution in [3.63, 3.8) is 0 Å². The van der Waals surface area contributed by atoms with Crippen molar-refractivity contribution in [3.05, 3.63) is 88.1 Å². The first kappa shape index (κ1) is 32.6. The Hall–Kier alpha value is -3.87. The van der Waals surface area contributed by atoms with Gasteiger partial charge >= 0.3 is 0 Å². The number of hydrogen-bond acceptors (Lipinski definition) is 5. The van der Waals surface area contributed by atoms with Crippen LogP contribution in [-0.2, 0) is 12.1 Å². The van der Waals surface area contributed by atoms with Crippen LogP contribution < -0.4 is 14.9 Å². The molecule has 2 aromatic heterocycles. The van der Waals surface area contributed by atoms with Crippen LogP contribution in [0.4, 0.5) is 4.39 Å². The first-order chi connectivity index (χ1) is 20.0. The smallest absolute Gasteiger partial charge is 0.199 e. The van der Waals surface area contributed by atoms with E-state index in [4.69, 9.17) is 9.47 Å². The van der Waals surface area contributed by atoms with Crippen molar-refractivity contribution >= 4 is 11.3 Å². The zero-order valence-corrected chi connectivity index (χ0v) is 26.3. The van der Waals surface area contributed by atoms with E-state index in [1.54, 1.807) is 32.5 Å². The summed E-state index contributed by atoms with van der Waals surface area (Å²) in [5, 5.41) is 0. The summed E-state index contributed by atoms with van der Waals surface area (Å²) in [5.74, 6) is 1.15. The van der Waals surface area contributed by atoms with Crippen LogP contribution in [-0.4, -0.2) is 42.2 Å². The predicted molar refractivity (Wildman–Crippen MR) is 172 cm³/mol. The number of H-pyrrole nitrogens is 1. The first-order valence-electron chi connectivity index (χ1n) is 14.7. The SMILES string of the molecule is C=C(CCN(CCC)C(=C)c1c(C)[nH]c(CCCC)c(-c2c(OC)cccc2OC)c1=O)c1cc(C(C)(C)F)ccn1. The maximum Gasteiger partial charge on any atom is 0.199 e. The van der Waals surface area contributed by atoms with Crippen molar-refractivity contribution in [2.24, 2.45) is 0 Å². The third-order valence-electron chi connectivity index (χ3n) is 7.58. The molecular weight excluding hydrogens is 529 g/mol. The van der Waals surface area contributed by atoms with Crippen molar-refractivity contribution in [1.82, 2.24) is 14.9 Å². The molecule has 0 saturated carbocycles. The highest BCUT2D eigenvalue weighted by molar-refractivity contribution is 5.81. The lowest BCUT2D eigenvalue weighted by Crippen LogP contribution is -2.29. The largest absolute Gasteiger partial charge is 0.496 e. The van der Waals surface area contributed by atoms with Gasteiger partial charge in [-0.05, 0) is 81.9 Å². The monoisotopic (exact) mass is 575 g/mol. The van der Waals surface area contributed by atoms with E-state index in [1.807, 2.05) is 25.1 Å². The van der Waals surface area contributed by atoms with Crippen molar-refractivity contribution in [2.45, 2.75) is 72.4 Å². The van der Waals surface area contributed by atoms with Gasteiger partial charge in [0.25, 0.3) is 0 Å². The number of alkyl halides is 1. The van der Waals surface area contributed by atoms with Crippen LogP contribution in [0.2, 0.25) is 0 Å². The van der Waals surface area contributed by atoms with Crippen molar-refractivity contribution in [2.75, 3.05) is 27.3 Å². The fourth-order valence-corrected chi connectivity index (χ4v) is 5.24. The predicted octanol–water partition coefficient (Wildman–Crippen LogP) is 8.10. The molecule has 7 heteroatoms. The second kappa shape index (κ2) is 14.3. The summed E-state index contributed by atoms with van der Waals surface area (Å²) in [6.45, 7) is 19.2. The van der Waals surface area contributed by atoms with Crippen LogP contribution in [0.15, 0.2) is 54.5 Å². The van der Waals surface area contributed by atoms with Gasteiger partial charge in [-0.1, -0.05) is 39.5 Å². The number of aromatic nitrogens is 2. The second-order valence-electron chi connectivity index (χ2n) is 11.1. The minimum atomic E-state index is -1.47. The van der Waals surface area contributed by atoms with Crippen LogP contribution in [0, 0.1) is 6.92 Å². The van der Waals surface area contributed by atoms with Crippen LogP contribution in [0.3, 0.4) is 0 Å². The van der Waals surface area contributed by atoms with Crippen molar-refractivity contribution in [1.29, 1.82) is 0 Å². The molecule has 42 heavy (non-hydrogen) atoms. The molecule has 1 aromatic carbocycles. The van der Waals surface area contributed by atoms with Gasteiger partial charge in [-0.25, -0.2) is 4.39 Å². The second-order valence-corrected chi connectivity index (χ2v) is 11.1. The summed E-state index contributed by atoms with van der Waals surface area (Å²) in [6, 6.07) is 8.99. The molecular formula is C35H46FN3O3. The van der Waals surface area contributed by atoms with Gasteiger partial charge in [0, 0.05) is 36.4 Å². The quantitative estimate of drug-likeness (QED) is 0.198. The topological polar surface area (TPSA) is 67.5 Å². The van der Waals surface area contributed by atoms with Crippen LogP contribution in [0.1, 0.15) is 81.6 Å². The average molecular weight is 576 g/mol. The molecule has 1 N–H and O–H groups in total. The molecule has 3 aromatic rings. The molecule has 0 bridgehead atoms. The number of methoxy groups -OCH3 is 2. The summed E-state index contributed by atoms with van der Waals surface area (Å²) >= 11 is 0. The molecule has 0 radical (unpaired) electrons. The highest BCUT2D eigenvalue weighted by Gasteiger charge is 2.25. The average Bonchev–Trinajstić information content (AvgIpc) is 2.97. The maximum atomic E-state index is 14.6. The van der Waals surface area contributed by atoms with Crippen molar-refractivity contribution < 1.29 is 13.9 Å². The van der Waals surface area contributed by atoms with E-state index in [-0.39, 0.29) is 5.43 Å². The van der Waals surface area contributed by atoms with Crippen LogP contribution in [0.5, 0.6) is 11.5 Å². The minimum Gasteiger partial charge on any atom is -0.496 e. The number of ether oxygens (including phenoxy) is 2. The van der Waals surface area contributed by atoms with E-state index >= 15 is 0 Å². The number of nitrogens with zero attached hydrogens (tertiary/aromatic N) is 2. The minimum absolute atomic E-state index is 0.107. The van der Waals surface area contributed by atoms with Gasteiger partial charge in [-0.2, -0.15) is 0 Å². The molecule has 0 amide bonds. The van der Waals surface area contributed by atoms with Gasteiger partial charge in [0.15, 0.2) is 5.43 Å². The highest BCUT2D eigenvalue weighted by atomic mass is 19.1.